The Morgan fingerprint density at radius 2 is 2.00 bits per heavy atom. The predicted octanol–water partition coefficient (Wildman–Crippen LogP) is 2.17. The van der Waals surface area contributed by atoms with Gasteiger partial charge in [-0.2, -0.15) is 9.65 Å². The summed E-state index contributed by atoms with van der Waals surface area (Å²) in [5.41, 5.74) is -1.90. The Bertz CT molecular complexity index is 369. The van der Waals surface area contributed by atoms with Gasteiger partial charge in [-0.25, -0.2) is 18.2 Å². The third-order valence-corrected chi connectivity index (χ3v) is 1.35. The lowest BCUT2D eigenvalue weighted by molar-refractivity contribution is 0.144. The minimum absolute atomic E-state index is 0.569. The first-order chi connectivity index (χ1) is 6.07. The van der Waals surface area contributed by atoms with E-state index in [1.54, 1.807) is 0 Å². The molecule has 0 amide bonds. The molecule has 0 N–H and O–H groups in total. The Morgan fingerprint density at radius 3 is 2.46 bits per heavy atom. The van der Waals surface area contributed by atoms with Crippen LogP contribution in [0.5, 0.6) is 0 Å². The SMILES string of the molecule is N#Cc1cnc(F)c(F)c1C(F)F. The third-order valence-electron chi connectivity index (χ3n) is 1.35. The van der Waals surface area contributed by atoms with Crippen molar-refractivity contribution >= 4 is 0 Å². The summed E-state index contributed by atoms with van der Waals surface area (Å²) in [6, 6.07) is 1.30. The van der Waals surface area contributed by atoms with Gasteiger partial charge in [0.15, 0.2) is 5.82 Å². The van der Waals surface area contributed by atoms with Crippen molar-refractivity contribution in [3.8, 4) is 6.07 Å². The zero-order valence-corrected chi connectivity index (χ0v) is 6.06. The molecule has 0 saturated heterocycles. The van der Waals surface area contributed by atoms with Gasteiger partial charge in [0.05, 0.1) is 11.1 Å². The van der Waals surface area contributed by atoms with Crippen LogP contribution in [-0.4, -0.2) is 4.98 Å². The number of halogens is 4. The third kappa shape index (κ3) is 1.59. The summed E-state index contributed by atoms with van der Waals surface area (Å²) < 4.78 is 49.1. The summed E-state index contributed by atoms with van der Waals surface area (Å²) in [5.74, 6) is -3.40. The standard InChI is InChI=1S/C7H2F4N2/c8-5-4(6(9)10)3(1-12)2-13-7(5)11/h2,6H. The molecule has 0 saturated carbocycles. The van der Waals surface area contributed by atoms with Crippen molar-refractivity contribution in [2.24, 2.45) is 0 Å². The minimum Gasteiger partial charge on any atom is -0.224 e. The highest BCUT2D eigenvalue weighted by atomic mass is 19.3. The molecule has 1 heterocycles. The molecule has 0 aliphatic heterocycles. The molecule has 0 radical (unpaired) electrons. The van der Waals surface area contributed by atoms with E-state index in [2.05, 4.69) is 4.98 Å². The van der Waals surface area contributed by atoms with Crippen molar-refractivity contribution in [1.82, 2.24) is 4.98 Å². The first-order valence-electron chi connectivity index (χ1n) is 3.10. The summed E-state index contributed by atoms with van der Waals surface area (Å²) in [6.07, 6.45) is -2.66. The largest absolute Gasteiger partial charge is 0.268 e. The molecule has 0 aliphatic carbocycles. The Morgan fingerprint density at radius 1 is 1.38 bits per heavy atom. The molecule has 0 aromatic carbocycles. The summed E-state index contributed by atoms with van der Waals surface area (Å²) in [4.78, 5) is 2.80. The van der Waals surface area contributed by atoms with Crippen molar-refractivity contribution in [3.05, 3.63) is 29.1 Å². The maximum atomic E-state index is 12.6. The van der Waals surface area contributed by atoms with Crippen LogP contribution in [0.15, 0.2) is 6.20 Å². The fourth-order valence-corrected chi connectivity index (χ4v) is 0.779. The highest BCUT2D eigenvalue weighted by Gasteiger charge is 2.22. The van der Waals surface area contributed by atoms with Crippen LogP contribution in [0.1, 0.15) is 17.6 Å². The number of nitrogens with zero attached hydrogens (tertiary/aromatic N) is 2. The lowest BCUT2D eigenvalue weighted by Crippen LogP contribution is -2.01. The van der Waals surface area contributed by atoms with Gasteiger partial charge in [0.25, 0.3) is 6.43 Å². The lowest BCUT2D eigenvalue weighted by Gasteiger charge is -2.03. The summed E-state index contributed by atoms with van der Waals surface area (Å²) in [5, 5.41) is 8.27. The van der Waals surface area contributed by atoms with Crippen LogP contribution in [0.2, 0.25) is 0 Å². The van der Waals surface area contributed by atoms with Crippen LogP contribution in [0.4, 0.5) is 17.6 Å². The number of hydrogen-bond donors (Lipinski definition) is 0. The van der Waals surface area contributed by atoms with E-state index in [-0.39, 0.29) is 0 Å². The van der Waals surface area contributed by atoms with Crippen LogP contribution < -0.4 is 0 Å². The number of nitriles is 1. The number of alkyl halides is 2. The van der Waals surface area contributed by atoms with E-state index < -0.39 is 29.3 Å². The van der Waals surface area contributed by atoms with Crippen LogP contribution in [0.3, 0.4) is 0 Å². The molecular formula is C7H2F4N2. The molecule has 0 atom stereocenters. The number of rotatable bonds is 1. The van der Waals surface area contributed by atoms with Gasteiger partial charge in [-0.15, -0.1) is 0 Å². The van der Waals surface area contributed by atoms with Crippen molar-refractivity contribution < 1.29 is 17.6 Å². The fraction of sp³-hybridized carbons (Fsp3) is 0.143. The van der Waals surface area contributed by atoms with E-state index >= 15 is 0 Å². The average molecular weight is 190 g/mol. The minimum atomic E-state index is -3.23. The molecule has 13 heavy (non-hydrogen) atoms. The highest BCUT2D eigenvalue weighted by Crippen LogP contribution is 2.25. The van der Waals surface area contributed by atoms with Crippen LogP contribution in [0, 0.1) is 23.1 Å². The van der Waals surface area contributed by atoms with E-state index in [1.807, 2.05) is 0 Å². The maximum Gasteiger partial charge on any atom is 0.268 e. The topological polar surface area (TPSA) is 36.7 Å². The van der Waals surface area contributed by atoms with Gasteiger partial charge in [-0.3, -0.25) is 0 Å². The molecule has 0 fully saturated rings. The molecule has 0 aliphatic rings. The Balaban J connectivity index is 3.43. The average Bonchev–Trinajstić information content (AvgIpc) is 2.08. The van der Waals surface area contributed by atoms with E-state index in [0.29, 0.717) is 6.20 Å². The van der Waals surface area contributed by atoms with Gasteiger partial charge < -0.3 is 0 Å². The maximum absolute atomic E-state index is 12.6. The monoisotopic (exact) mass is 190 g/mol. The summed E-state index contributed by atoms with van der Waals surface area (Å²) in [7, 11) is 0. The van der Waals surface area contributed by atoms with Crippen molar-refractivity contribution in [2.45, 2.75) is 6.43 Å². The van der Waals surface area contributed by atoms with Crippen LogP contribution in [0.25, 0.3) is 0 Å². The zero-order valence-electron chi connectivity index (χ0n) is 6.06. The number of aromatic nitrogens is 1. The smallest absolute Gasteiger partial charge is 0.224 e. The van der Waals surface area contributed by atoms with Crippen LogP contribution >= 0.6 is 0 Å². The molecule has 0 spiro atoms. The molecule has 0 bridgehead atoms. The van der Waals surface area contributed by atoms with Crippen molar-refractivity contribution in [3.63, 3.8) is 0 Å². The Kier molecular flexibility index (Phi) is 2.46. The fourth-order valence-electron chi connectivity index (χ4n) is 0.779. The first kappa shape index (κ1) is 9.45. The Labute approximate surface area is 70.4 Å². The predicted molar refractivity (Wildman–Crippen MR) is 33.8 cm³/mol. The molecular weight excluding hydrogens is 188 g/mol. The Hall–Kier alpha value is -1.64. The van der Waals surface area contributed by atoms with E-state index in [9.17, 15) is 17.6 Å². The highest BCUT2D eigenvalue weighted by molar-refractivity contribution is 5.36. The quantitative estimate of drug-likeness (QED) is 0.502. The van der Waals surface area contributed by atoms with Crippen molar-refractivity contribution in [2.75, 3.05) is 0 Å². The number of pyridine rings is 1. The molecule has 6 heteroatoms. The molecule has 2 nitrogen and oxygen atoms in total. The van der Waals surface area contributed by atoms with Gasteiger partial charge in [0.1, 0.15) is 6.07 Å². The van der Waals surface area contributed by atoms with Gasteiger partial charge >= 0.3 is 0 Å². The second-order valence-corrected chi connectivity index (χ2v) is 2.10. The normalized spacial score (nSPS) is 10.2. The molecule has 0 unspecified atom stereocenters. The second-order valence-electron chi connectivity index (χ2n) is 2.10. The first-order valence-corrected chi connectivity index (χ1v) is 3.10. The van der Waals surface area contributed by atoms with Gasteiger partial charge in [0, 0.05) is 6.20 Å². The molecule has 1 aromatic heterocycles. The van der Waals surface area contributed by atoms with Gasteiger partial charge in [-0.05, 0) is 0 Å². The van der Waals surface area contributed by atoms with E-state index in [0.717, 1.165) is 0 Å². The van der Waals surface area contributed by atoms with Gasteiger partial charge in [-0.1, -0.05) is 0 Å². The van der Waals surface area contributed by atoms with Crippen LogP contribution in [-0.2, 0) is 0 Å². The molecule has 68 valence electrons. The lowest BCUT2D eigenvalue weighted by atomic mass is 10.1. The van der Waals surface area contributed by atoms with E-state index in [1.165, 1.54) is 6.07 Å². The number of hydrogen-bond acceptors (Lipinski definition) is 2. The summed E-state index contributed by atoms with van der Waals surface area (Å²) in [6.45, 7) is 0. The second kappa shape index (κ2) is 3.39. The van der Waals surface area contributed by atoms with E-state index in [4.69, 9.17) is 5.26 Å². The molecule has 1 rings (SSSR count). The summed E-state index contributed by atoms with van der Waals surface area (Å²) >= 11 is 0. The van der Waals surface area contributed by atoms with Crippen molar-refractivity contribution in [1.29, 1.82) is 5.26 Å². The zero-order chi connectivity index (χ0) is 10.0. The van der Waals surface area contributed by atoms with Gasteiger partial charge in [0.2, 0.25) is 5.95 Å². The molecule has 1 aromatic rings.